The summed E-state index contributed by atoms with van der Waals surface area (Å²) in [4.78, 5) is 0. The molecule has 1 aliphatic heterocycles. The van der Waals surface area contributed by atoms with Crippen molar-refractivity contribution in [2.45, 2.75) is 13.3 Å². The Bertz CT molecular complexity index is 715. The summed E-state index contributed by atoms with van der Waals surface area (Å²) < 4.78 is 16.2. The maximum atomic E-state index is 5.48. The summed E-state index contributed by atoms with van der Waals surface area (Å²) in [7, 11) is 3.25. The van der Waals surface area contributed by atoms with Crippen molar-refractivity contribution in [2.24, 2.45) is 10.2 Å². The van der Waals surface area contributed by atoms with Gasteiger partial charge in [0.05, 0.1) is 20.5 Å². The molecule has 21 heavy (non-hydrogen) atoms. The van der Waals surface area contributed by atoms with Gasteiger partial charge in [0.15, 0.2) is 17.3 Å². The Morgan fingerprint density at radius 1 is 1.10 bits per heavy atom. The molecule has 0 N–H and O–H groups in total. The largest absolute Gasteiger partial charge is 0.493 e. The molecule has 0 atom stereocenters. The molecule has 1 aromatic heterocycles. The molecule has 108 valence electrons. The molecule has 0 unspecified atom stereocenters. The second-order valence-corrected chi connectivity index (χ2v) is 4.80. The van der Waals surface area contributed by atoms with Gasteiger partial charge in [-0.3, -0.25) is 0 Å². The Morgan fingerprint density at radius 2 is 1.86 bits per heavy atom. The van der Waals surface area contributed by atoms with Crippen molar-refractivity contribution in [3.05, 3.63) is 47.4 Å². The molecular weight excluding hydrogens is 268 g/mol. The third-order valence-electron chi connectivity index (χ3n) is 3.39. The highest BCUT2D eigenvalue weighted by Gasteiger charge is 2.21. The minimum Gasteiger partial charge on any atom is -0.493 e. The van der Waals surface area contributed by atoms with E-state index in [0.29, 0.717) is 29.4 Å². The van der Waals surface area contributed by atoms with Gasteiger partial charge in [0.1, 0.15) is 5.71 Å². The summed E-state index contributed by atoms with van der Waals surface area (Å²) in [6.07, 6.45) is 2.34. The van der Waals surface area contributed by atoms with Crippen molar-refractivity contribution < 1.29 is 13.9 Å². The molecule has 1 aromatic carbocycles. The standard InChI is InChI=1S/C16H16N2O3/c1-10-7-11-8-14(19-2)15(20-3)9-12(11)16(18-17-10)13-5-4-6-21-13/h4-6,8-9H,7H2,1-3H3. The summed E-state index contributed by atoms with van der Waals surface area (Å²) in [6, 6.07) is 7.59. The van der Waals surface area contributed by atoms with Crippen LogP contribution in [0.3, 0.4) is 0 Å². The van der Waals surface area contributed by atoms with Gasteiger partial charge in [-0.05, 0) is 36.8 Å². The molecule has 0 fully saturated rings. The van der Waals surface area contributed by atoms with Crippen molar-refractivity contribution in [1.82, 2.24) is 0 Å². The number of benzene rings is 1. The van der Waals surface area contributed by atoms with Gasteiger partial charge < -0.3 is 13.9 Å². The SMILES string of the molecule is COc1cc2c(cc1OC)C(c1ccco1)=NN=C(C)C2. The first kappa shape index (κ1) is 13.4. The topological polar surface area (TPSA) is 56.3 Å². The van der Waals surface area contributed by atoms with Gasteiger partial charge in [-0.1, -0.05) is 0 Å². The van der Waals surface area contributed by atoms with E-state index in [0.717, 1.165) is 16.8 Å². The van der Waals surface area contributed by atoms with E-state index >= 15 is 0 Å². The average Bonchev–Trinajstić information content (AvgIpc) is 2.97. The Hall–Kier alpha value is -2.56. The molecule has 0 radical (unpaired) electrons. The van der Waals surface area contributed by atoms with E-state index in [9.17, 15) is 0 Å². The molecule has 5 heteroatoms. The van der Waals surface area contributed by atoms with E-state index in [1.807, 2.05) is 31.2 Å². The van der Waals surface area contributed by atoms with Crippen LogP contribution in [0.15, 0.2) is 45.1 Å². The van der Waals surface area contributed by atoms with E-state index in [2.05, 4.69) is 10.2 Å². The minimum atomic E-state index is 0.662. The average molecular weight is 284 g/mol. The zero-order valence-corrected chi connectivity index (χ0v) is 12.2. The fourth-order valence-electron chi connectivity index (χ4n) is 2.38. The summed E-state index contributed by atoms with van der Waals surface area (Å²) in [5.74, 6) is 2.04. The van der Waals surface area contributed by atoms with Crippen LogP contribution in [-0.2, 0) is 6.42 Å². The molecular formula is C16H16N2O3. The minimum absolute atomic E-state index is 0.662. The number of furan rings is 1. The van der Waals surface area contributed by atoms with Gasteiger partial charge in [0.25, 0.3) is 0 Å². The second kappa shape index (κ2) is 5.44. The number of hydrogen-bond acceptors (Lipinski definition) is 5. The van der Waals surface area contributed by atoms with Crippen molar-refractivity contribution in [1.29, 1.82) is 0 Å². The Kier molecular flexibility index (Phi) is 3.48. The predicted molar refractivity (Wildman–Crippen MR) is 80.7 cm³/mol. The van der Waals surface area contributed by atoms with Crippen molar-refractivity contribution in [3.8, 4) is 11.5 Å². The molecule has 0 bridgehead atoms. The number of nitrogens with zero attached hydrogens (tertiary/aromatic N) is 2. The van der Waals surface area contributed by atoms with Crippen molar-refractivity contribution in [2.75, 3.05) is 14.2 Å². The summed E-state index contributed by atoms with van der Waals surface area (Å²) in [5.41, 5.74) is 3.67. The van der Waals surface area contributed by atoms with Gasteiger partial charge in [-0.15, -0.1) is 5.10 Å². The van der Waals surface area contributed by atoms with Gasteiger partial charge >= 0.3 is 0 Å². The quantitative estimate of drug-likeness (QED) is 0.870. The van der Waals surface area contributed by atoms with Crippen LogP contribution in [0.4, 0.5) is 0 Å². The first-order valence-electron chi connectivity index (χ1n) is 6.63. The van der Waals surface area contributed by atoms with Gasteiger partial charge in [-0.25, -0.2) is 0 Å². The number of rotatable bonds is 3. The van der Waals surface area contributed by atoms with Gasteiger partial charge in [0, 0.05) is 17.7 Å². The van der Waals surface area contributed by atoms with E-state index in [-0.39, 0.29) is 0 Å². The molecule has 0 saturated heterocycles. The predicted octanol–water partition coefficient (Wildman–Crippen LogP) is 3.07. The van der Waals surface area contributed by atoms with Crippen LogP contribution in [0.2, 0.25) is 0 Å². The van der Waals surface area contributed by atoms with Crippen LogP contribution in [0.5, 0.6) is 11.5 Å². The van der Waals surface area contributed by atoms with Crippen LogP contribution in [0, 0.1) is 0 Å². The van der Waals surface area contributed by atoms with Gasteiger partial charge in [-0.2, -0.15) is 5.10 Å². The van der Waals surface area contributed by atoms with E-state index in [1.54, 1.807) is 20.5 Å². The highest BCUT2D eigenvalue weighted by atomic mass is 16.5. The maximum absolute atomic E-state index is 5.48. The second-order valence-electron chi connectivity index (χ2n) is 4.80. The highest BCUT2D eigenvalue weighted by molar-refractivity contribution is 6.13. The Labute approximate surface area is 122 Å². The summed E-state index contributed by atoms with van der Waals surface area (Å²) >= 11 is 0. The smallest absolute Gasteiger partial charge is 0.161 e. The lowest BCUT2D eigenvalue weighted by molar-refractivity contribution is 0.354. The molecule has 2 heterocycles. The number of hydrogen-bond donors (Lipinski definition) is 0. The Balaban J connectivity index is 2.21. The first-order valence-corrected chi connectivity index (χ1v) is 6.63. The van der Waals surface area contributed by atoms with Crippen LogP contribution < -0.4 is 9.47 Å². The van der Waals surface area contributed by atoms with Crippen LogP contribution >= 0.6 is 0 Å². The lowest BCUT2D eigenvalue weighted by atomic mass is 9.97. The Morgan fingerprint density at radius 3 is 2.52 bits per heavy atom. The molecule has 3 rings (SSSR count). The van der Waals surface area contributed by atoms with Crippen molar-refractivity contribution >= 4 is 11.4 Å². The molecule has 0 amide bonds. The zero-order chi connectivity index (χ0) is 14.8. The third kappa shape index (κ3) is 2.42. The molecule has 0 saturated carbocycles. The van der Waals surface area contributed by atoms with Crippen LogP contribution in [-0.4, -0.2) is 25.6 Å². The lowest BCUT2D eigenvalue weighted by Gasteiger charge is -2.13. The van der Waals surface area contributed by atoms with Gasteiger partial charge in [0.2, 0.25) is 0 Å². The first-order chi connectivity index (χ1) is 10.2. The summed E-state index contributed by atoms with van der Waals surface area (Å²) in [6.45, 7) is 1.95. The van der Waals surface area contributed by atoms with Crippen LogP contribution in [0.1, 0.15) is 23.8 Å². The number of methoxy groups -OCH3 is 2. The highest BCUT2D eigenvalue weighted by Crippen LogP contribution is 2.33. The molecule has 0 spiro atoms. The van der Waals surface area contributed by atoms with Crippen LogP contribution in [0.25, 0.3) is 0 Å². The molecule has 0 aliphatic carbocycles. The lowest BCUT2D eigenvalue weighted by Crippen LogP contribution is -2.07. The molecule has 1 aliphatic rings. The van der Waals surface area contributed by atoms with E-state index in [4.69, 9.17) is 13.9 Å². The maximum Gasteiger partial charge on any atom is 0.161 e. The fraction of sp³-hybridized carbons (Fsp3) is 0.250. The number of ether oxygens (including phenoxy) is 2. The summed E-state index contributed by atoms with van der Waals surface area (Å²) in [5, 5.41) is 8.58. The number of fused-ring (bicyclic) bond motifs is 1. The monoisotopic (exact) mass is 284 g/mol. The normalized spacial score (nSPS) is 13.9. The fourth-order valence-corrected chi connectivity index (χ4v) is 2.38. The third-order valence-corrected chi connectivity index (χ3v) is 3.39. The van der Waals surface area contributed by atoms with Crippen molar-refractivity contribution in [3.63, 3.8) is 0 Å². The van der Waals surface area contributed by atoms with E-state index in [1.165, 1.54) is 0 Å². The molecule has 2 aromatic rings. The zero-order valence-electron chi connectivity index (χ0n) is 12.2. The van der Waals surface area contributed by atoms with E-state index < -0.39 is 0 Å². The molecule has 5 nitrogen and oxygen atoms in total.